The highest BCUT2D eigenvalue weighted by molar-refractivity contribution is 5.01. The minimum absolute atomic E-state index is 0.327. The maximum atomic E-state index is 4.28. The molecule has 0 amide bonds. The highest BCUT2D eigenvalue weighted by Crippen LogP contribution is 2.17. The molecule has 0 saturated carbocycles. The molecule has 0 spiro atoms. The maximum absolute atomic E-state index is 4.28. The maximum Gasteiger partial charge on any atom is 0.0756 e. The summed E-state index contributed by atoms with van der Waals surface area (Å²) in [5.41, 5.74) is 1.03. The van der Waals surface area contributed by atoms with Crippen LogP contribution in [-0.4, -0.2) is 17.0 Å². The van der Waals surface area contributed by atoms with Crippen LogP contribution < -0.4 is 5.32 Å². The van der Waals surface area contributed by atoms with Crippen molar-refractivity contribution < 1.29 is 0 Å². The van der Waals surface area contributed by atoms with Gasteiger partial charge >= 0.3 is 0 Å². The summed E-state index contributed by atoms with van der Waals surface area (Å²) < 4.78 is 0. The quantitative estimate of drug-likeness (QED) is 0.765. The monoisotopic (exact) mass is 179 g/mol. The summed E-state index contributed by atoms with van der Waals surface area (Å²) in [7, 11) is 1.96. The Kier molecular flexibility index (Phi) is 3.83. The zero-order valence-corrected chi connectivity index (χ0v) is 8.49. The van der Waals surface area contributed by atoms with Crippen LogP contribution >= 0.6 is 0 Å². The molecule has 0 aliphatic heterocycles. The van der Waals surface area contributed by atoms with Crippen molar-refractivity contribution in [1.29, 1.82) is 0 Å². The molecule has 1 aromatic rings. The first-order chi connectivity index (χ1) is 6.24. The predicted molar refractivity (Wildman–Crippen MR) is 53.3 cm³/mol. The molecule has 72 valence electrons. The Bertz CT molecular complexity index is 233. The minimum atomic E-state index is 0.327. The fraction of sp³-hybridized carbons (Fsp3) is 0.600. The molecule has 0 radical (unpaired) electrons. The lowest BCUT2D eigenvalue weighted by Crippen LogP contribution is -2.19. The van der Waals surface area contributed by atoms with E-state index < -0.39 is 0 Å². The third-order valence-corrected chi connectivity index (χ3v) is 2.00. The third-order valence-electron chi connectivity index (χ3n) is 2.00. The molecule has 13 heavy (non-hydrogen) atoms. The molecule has 0 aliphatic carbocycles. The van der Waals surface area contributed by atoms with Crippen molar-refractivity contribution in [3.63, 3.8) is 0 Å². The van der Waals surface area contributed by atoms with Gasteiger partial charge in [0.05, 0.1) is 11.7 Å². The van der Waals surface area contributed by atoms with Gasteiger partial charge in [-0.15, -0.1) is 0 Å². The second kappa shape index (κ2) is 4.92. The fourth-order valence-corrected chi connectivity index (χ4v) is 1.35. The van der Waals surface area contributed by atoms with E-state index >= 15 is 0 Å². The van der Waals surface area contributed by atoms with Gasteiger partial charge in [-0.25, -0.2) is 0 Å². The molecule has 3 heteroatoms. The molecule has 0 bridgehead atoms. The highest BCUT2D eigenvalue weighted by Gasteiger charge is 2.11. The van der Waals surface area contributed by atoms with E-state index in [-0.39, 0.29) is 0 Å². The van der Waals surface area contributed by atoms with Gasteiger partial charge in [-0.1, -0.05) is 13.8 Å². The smallest absolute Gasteiger partial charge is 0.0756 e. The summed E-state index contributed by atoms with van der Waals surface area (Å²) in [4.78, 5) is 8.34. The molecule has 1 N–H and O–H groups in total. The van der Waals surface area contributed by atoms with Gasteiger partial charge in [0.2, 0.25) is 0 Å². The Labute approximate surface area is 79.6 Å². The van der Waals surface area contributed by atoms with Gasteiger partial charge in [-0.3, -0.25) is 9.97 Å². The zero-order valence-electron chi connectivity index (χ0n) is 8.49. The van der Waals surface area contributed by atoms with E-state index in [1.807, 2.05) is 13.2 Å². The SMILES string of the molecule is CNC(CC(C)C)c1cnccn1. The number of nitrogens with zero attached hydrogens (tertiary/aromatic N) is 2. The summed E-state index contributed by atoms with van der Waals surface area (Å²) >= 11 is 0. The van der Waals surface area contributed by atoms with Crippen LogP contribution in [0.15, 0.2) is 18.6 Å². The third kappa shape index (κ3) is 3.11. The first kappa shape index (κ1) is 10.1. The van der Waals surface area contributed by atoms with Crippen molar-refractivity contribution in [2.45, 2.75) is 26.3 Å². The molecule has 0 aliphatic rings. The van der Waals surface area contributed by atoms with Crippen LogP contribution in [0, 0.1) is 5.92 Å². The van der Waals surface area contributed by atoms with Crippen molar-refractivity contribution in [3.8, 4) is 0 Å². The fourth-order valence-electron chi connectivity index (χ4n) is 1.35. The first-order valence-electron chi connectivity index (χ1n) is 4.67. The molecular formula is C10H17N3. The molecule has 1 aromatic heterocycles. The van der Waals surface area contributed by atoms with E-state index in [1.165, 1.54) is 0 Å². The van der Waals surface area contributed by atoms with Crippen molar-refractivity contribution >= 4 is 0 Å². The Morgan fingerprint density at radius 1 is 1.38 bits per heavy atom. The van der Waals surface area contributed by atoms with Gasteiger partial charge in [0.25, 0.3) is 0 Å². The molecule has 0 aromatic carbocycles. The zero-order chi connectivity index (χ0) is 9.68. The molecule has 1 unspecified atom stereocenters. The molecule has 1 atom stereocenters. The van der Waals surface area contributed by atoms with E-state index in [0.717, 1.165) is 12.1 Å². The van der Waals surface area contributed by atoms with Crippen molar-refractivity contribution in [3.05, 3.63) is 24.3 Å². The number of nitrogens with one attached hydrogen (secondary N) is 1. The van der Waals surface area contributed by atoms with Crippen LogP contribution in [0.25, 0.3) is 0 Å². The Balaban J connectivity index is 2.67. The van der Waals surface area contributed by atoms with Crippen molar-refractivity contribution in [2.24, 2.45) is 5.92 Å². The molecule has 3 nitrogen and oxygen atoms in total. The number of hydrogen-bond acceptors (Lipinski definition) is 3. The van der Waals surface area contributed by atoms with Gasteiger partial charge in [0.1, 0.15) is 0 Å². The summed E-state index contributed by atoms with van der Waals surface area (Å²) in [6, 6.07) is 0.327. The van der Waals surface area contributed by atoms with Gasteiger partial charge in [-0.2, -0.15) is 0 Å². The summed E-state index contributed by atoms with van der Waals surface area (Å²) in [6.07, 6.45) is 6.35. The van der Waals surface area contributed by atoms with Crippen molar-refractivity contribution in [2.75, 3.05) is 7.05 Å². The summed E-state index contributed by atoms with van der Waals surface area (Å²) in [5, 5.41) is 3.25. The van der Waals surface area contributed by atoms with Crippen LogP contribution in [0.2, 0.25) is 0 Å². The average molecular weight is 179 g/mol. The first-order valence-corrected chi connectivity index (χ1v) is 4.67. The normalized spacial score (nSPS) is 13.2. The van der Waals surface area contributed by atoms with E-state index in [2.05, 4.69) is 29.1 Å². The number of aromatic nitrogens is 2. The Morgan fingerprint density at radius 3 is 2.62 bits per heavy atom. The highest BCUT2D eigenvalue weighted by atomic mass is 14.9. The topological polar surface area (TPSA) is 37.8 Å². The van der Waals surface area contributed by atoms with Gasteiger partial charge in [0, 0.05) is 18.6 Å². The van der Waals surface area contributed by atoms with E-state index in [4.69, 9.17) is 0 Å². The summed E-state index contributed by atoms with van der Waals surface area (Å²) in [6.45, 7) is 4.42. The lowest BCUT2D eigenvalue weighted by atomic mass is 10.0. The van der Waals surface area contributed by atoms with Crippen LogP contribution in [0.5, 0.6) is 0 Å². The standard InChI is InChI=1S/C10H17N3/c1-8(2)6-9(11-3)10-7-12-4-5-13-10/h4-5,7-9,11H,6H2,1-3H3. The Morgan fingerprint density at radius 2 is 2.15 bits per heavy atom. The lowest BCUT2D eigenvalue weighted by molar-refractivity contribution is 0.447. The van der Waals surface area contributed by atoms with E-state index in [0.29, 0.717) is 12.0 Å². The van der Waals surface area contributed by atoms with E-state index in [1.54, 1.807) is 12.4 Å². The minimum Gasteiger partial charge on any atom is -0.312 e. The lowest BCUT2D eigenvalue weighted by Gasteiger charge is -2.16. The molecular weight excluding hydrogens is 162 g/mol. The van der Waals surface area contributed by atoms with Crippen LogP contribution in [0.4, 0.5) is 0 Å². The van der Waals surface area contributed by atoms with Crippen LogP contribution in [-0.2, 0) is 0 Å². The predicted octanol–water partition coefficient (Wildman–Crippen LogP) is 1.78. The van der Waals surface area contributed by atoms with Gasteiger partial charge < -0.3 is 5.32 Å². The Hall–Kier alpha value is -0.960. The van der Waals surface area contributed by atoms with Crippen molar-refractivity contribution in [1.82, 2.24) is 15.3 Å². The average Bonchev–Trinajstić information content (AvgIpc) is 2.15. The summed E-state index contributed by atoms with van der Waals surface area (Å²) in [5.74, 6) is 0.666. The van der Waals surface area contributed by atoms with Gasteiger partial charge in [-0.05, 0) is 19.4 Å². The second-order valence-corrected chi connectivity index (χ2v) is 3.60. The molecule has 1 heterocycles. The molecule has 1 rings (SSSR count). The second-order valence-electron chi connectivity index (χ2n) is 3.60. The van der Waals surface area contributed by atoms with Crippen LogP contribution in [0.1, 0.15) is 32.0 Å². The van der Waals surface area contributed by atoms with Gasteiger partial charge in [0.15, 0.2) is 0 Å². The number of hydrogen-bond donors (Lipinski definition) is 1. The molecule has 0 fully saturated rings. The van der Waals surface area contributed by atoms with E-state index in [9.17, 15) is 0 Å². The number of rotatable bonds is 4. The molecule has 0 saturated heterocycles. The van der Waals surface area contributed by atoms with Crippen LogP contribution in [0.3, 0.4) is 0 Å². The largest absolute Gasteiger partial charge is 0.312 e.